The van der Waals surface area contributed by atoms with Gasteiger partial charge in [-0.3, -0.25) is 4.79 Å². The first-order valence-corrected chi connectivity index (χ1v) is 7.73. The number of ether oxygens (including phenoxy) is 1. The van der Waals surface area contributed by atoms with E-state index in [0.717, 1.165) is 4.90 Å². The molecular formula is C15H23F3N2O4. The summed E-state index contributed by atoms with van der Waals surface area (Å²) in [6.07, 6.45) is -4.11. The lowest BCUT2D eigenvalue weighted by Crippen LogP contribution is -2.69. The molecular weight excluding hydrogens is 329 g/mol. The third-order valence-electron chi connectivity index (χ3n) is 5.92. The summed E-state index contributed by atoms with van der Waals surface area (Å²) in [5.41, 5.74) is -0.805. The van der Waals surface area contributed by atoms with Crippen LogP contribution < -0.4 is 5.32 Å². The molecule has 0 aromatic heterocycles. The highest BCUT2D eigenvalue weighted by molar-refractivity contribution is 5.78. The lowest BCUT2D eigenvalue weighted by atomic mass is 9.56. The summed E-state index contributed by atoms with van der Waals surface area (Å²) in [5, 5.41) is 11.7. The van der Waals surface area contributed by atoms with Crippen molar-refractivity contribution in [3.8, 4) is 0 Å². The Labute approximate surface area is 138 Å². The Morgan fingerprint density at radius 1 is 1.25 bits per heavy atom. The minimum Gasteiger partial charge on any atom is -0.481 e. The summed E-state index contributed by atoms with van der Waals surface area (Å²) in [6.45, 7) is 4.65. The maximum atomic E-state index is 13.0. The lowest BCUT2D eigenvalue weighted by molar-refractivity contribution is -0.188. The van der Waals surface area contributed by atoms with Crippen LogP contribution in [-0.2, 0) is 9.53 Å². The Bertz CT molecular complexity index is 537. The van der Waals surface area contributed by atoms with E-state index in [1.807, 2.05) is 20.8 Å². The molecule has 2 rings (SSSR count). The molecule has 2 aliphatic rings. The van der Waals surface area contributed by atoms with Gasteiger partial charge in [0.15, 0.2) is 0 Å². The number of amides is 2. The topological polar surface area (TPSA) is 78.9 Å². The smallest absolute Gasteiger partial charge is 0.394 e. The van der Waals surface area contributed by atoms with E-state index in [0.29, 0.717) is 6.42 Å². The Balaban J connectivity index is 2.03. The number of urea groups is 1. The fourth-order valence-corrected chi connectivity index (χ4v) is 3.51. The third kappa shape index (κ3) is 2.94. The van der Waals surface area contributed by atoms with E-state index in [2.05, 4.69) is 5.32 Å². The number of nitrogens with one attached hydrogen (secondary N) is 1. The van der Waals surface area contributed by atoms with Gasteiger partial charge in [-0.1, -0.05) is 13.8 Å². The molecule has 6 nitrogen and oxygen atoms in total. The molecule has 1 saturated heterocycles. The van der Waals surface area contributed by atoms with Gasteiger partial charge in [-0.2, -0.15) is 13.2 Å². The van der Waals surface area contributed by atoms with Gasteiger partial charge in [0.05, 0.1) is 17.4 Å². The van der Waals surface area contributed by atoms with Gasteiger partial charge < -0.3 is 20.1 Å². The normalized spacial score (nSPS) is 35.5. The summed E-state index contributed by atoms with van der Waals surface area (Å²) in [5.74, 6) is -5.21. The summed E-state index contributed by atoms with van der Waals surface area (Å²) >= 11 is 0. The minimum atomic E-state index is -4.65. The number of alkyl halides is 3. The van der Waals surface area contributed by atoms with Crippen LogP contribution in [0.5, 0.6) is 0 Å². The fraction of sp³-hybridized carbons (Fsp3) is 0.867. The fourth-order valence-electron chi connectivity index (χ4n) is 3.51. The SMILES string of the molecule is COC1(C)CC(NC(=O)N2C[C@@H](C(F)(F)F)[C@H](C(=O)O)C2)C1(C)C. The largest absolute Gasteiger partial charge is 0.481 e. The van der Waals surface area contributed by atoms with Gasteiger partial charge in [0.2, 0.25) is 0 Å². The van der Waals surface area contributed by atoms with Crippen LogP contribution in [0.25, 0.3) is 0 Å². The third-order valence-corrected chi connectivity index (χ3v) is 5.92. The molecule has 1 aliphatic carbocycles. The first-order chi connectivity index (χ1) is 10.8. The van der Waals surface area contributed by atoms with Crippen molar-refractivity contribution in [3.63, 3.8) is 0 Å². The van der Waals surface area contributed by atoms with Crippen LogP contribution in [0.1, 0.15) is 27.2 Å². The average Bonchev–Trinajstić information content (AvgIpc) is 2.92. The molecule has 2 unspecified atom stereocenters. The van der Waals surface area contributed by atoms with Crippen molar-refractivity contribution in [2.75, 3.05) is 20.2 Å². The van der Waals surface area contributed by atoms with Gasteiger partial charge >= 0.3 is 18.2 Å². The van der Waals surface area contributed by atoms with Gasteiger partial charge in [0, 0.05) is 31.7 Å². The zero-order valence-electron chi connectivity index (χ0n) is 14.1. The van der Waals surface area contributed by atoms with E-state index < -0.39 is 48.7 Å². The molecule has 1 heterocycles. The highest BCUT2D eigenvalue weighted by Crippen LogP contribution is 2.51. The molecule has 1 aliphatic heterocycles. The zero-order chi connectivity index (χ0) is 18.5. The summed E-state index contributed by atoms with van der Waals surface area (Å²) in [4.78, 5) is 24.3. The van der Waals surface area contributed by atoms with Crippen LogP contribution >= 0.6 is 0 Å². The highest BCUT2D eigenvalue weighted by Gasteiger charge is 2.59. The van der Waals surface area contributed by atoms with E-state index in [-0.39, 0.29) is 11.5 Å². The summed E-state index contributed by atoms with van der Waals surface area (Å²) < 4.78 is 44.4. The van der Waals surface area contributed by atoms with Crippen molar-refractivity contribution in [2.45, 2.75) is 45.0 Å². The number of hydrogen-bond donors (Lipinski definition) is 2. The Kier molecular flexibility index (Phi) is 4.54. The monoisotopic (exact) mass is 352 g/mol. The number of methoxy groups -OCH3 is 1. The number of halogens is 3. The van der Waals surface area contributed by atoms with E-state index in [4.69, 9.17) is 9.84 Å². The van der Waals surface area contributed by atoms with Crippen molar-refractivity contribution in [3.05, 3.63) is 0 Å². The van der Waals surface area contributed by atoms with E-state index in [1.54, 1.807) is 7.11 Å². The molecule has 2 amide bonds. The van der Waals surface area contributed by atoms with Crippen molar-refractivity contribution in [1.82, 2.24) is 10.2 Å². The zero-order valence-corrected chi connectivity index (χ0v) is 14.1. The molecule has 9 heteroatoms. The Hall–Kier alpha value is -1.51. The molecule has 0 spiro atoms. The summed E-state index contributed by atoms with van der Waals surface area (Å²) in [7, 11) is 1.58. The molecule has 24 heavy (non-hydrogen) atoms. The Morgan fingerprint density at radius 3 is 2.21 bits per heavy atom. The second kappa shape index (κ2) is 5.79. The molecule has 1 saturated carbocycles. The van der Waals surface area contributed by atoms with Crippen LogP contribution in [0.4, 0.5) is 18.0 Å². The van der Waals surface area contributed by atoms with Crippen molar-refractivity contribution in [2.24, 2.45) is 17.3 Å². The second-order valence-corrected chi connectivity index (χ2v) is 7.36. The number of nitrogens with zero attached hydrogens (tertiary/aromatic N) is 1. The first-order valence-electron chi connectivity index (χ1n) is 7.73. The molecule has 0 aromatic carbocycles. The number of carboxylic acid groups (broad SMARTS) is 1. The van der Waals surface area contributed by atoms with Crippen LogP contribution in [0.2, 0.25) is 0 Å². The van der Waals surface area contributed by atoms with E-state index in [9.17, 15) is 22.8 Å². The number of carbonyl (C=O) groups excluding carboxylic acids is 1. The number of rotatable bonds is 3. The predicted molar refractivity (Wildman–Crippen MR) is 78.4 cm³/mol. The molecule has 4 atom stereocenters. The second-order valence-electron chi connectivity index (χ2n) is 7.36. The Morgan fingerprint density at radius 2 is 1.83 bits per heavy atom. The highest BCUT2D eigenvalue weighted by atomic mass is 19.4. The minimum absolute atomic E-state index is 0.247. The maximum Gasteiger partial charge on any atom is 0.394 e. The molecule has 2 fully saturated rings. The van der Waals surface area contributed by atoms with Crippen molar-refractivity contribution < 1.29 is 32.6 Å². The molecule has 2 N–H and O–H groups in total. The van der Waals surface area contributed by atoms with Gasteiger partial charge in [-0.05, 0) is 13.3 Å². The van der Waals surface area contributed by atoms with Crippen LogP contribution in [0, 0.1) is 17.3 Å². The van der Waals surface area contributed by atoms with Gasteiger partial charge in [-0.15, -0.1) is 0 Å². The first kappa shape index (κ1) is 18.8. The van der Waals surface area contributed by atoms with E-state index >= 15 is 0 Å². The number of carboxylic acids is 1. The number of hydrogen-bond acceptors (Lipinski definition) is 3. The maximum absolute atomic E-state index is 13.0. The van der Waals surface area contributed by atoms with Gasteiger partial charge in [-0.25, -0.2) is 4.79 Å². The molecule has 0 aromatic rings. The standard InChI is InChI=1S/C15H23F3N2O4/c1-13(2)10(5-14(13,3)24-4)19-12(23)20-6-8(11(21)22)9(7-20)15(16,17)18/h8-10H,5-7H2,1-4H3,(H,19,23)(H,21,22)/t8-,9-,10?,14?/m1/s1. The molecule has 0 radical (unpaired) electrons. The summed E-state index contributed by atoms with van der Waals surface area (Å²) in [6, 6.07) is -0.910. The number of aliphatic carboxylic acids is 1. The van der Waals surface area contributed by atoms with Crippen molar-refractivity contribution in [1.29, 1.82) is 0 Å². The van der Waals surface area contributed by atoms with Gasteiger partial charge in [0.1, 0.15) is 0 Å². The quantitative estimate of drug-likeness (QED) is 0.815. The van der Waals surface area contributed by atoms with Crippen LogP contribution in [-0.4, -0.2) is 60.0 Å². The van der Waals surface area contributed by atoms with Crippen LogP contribution in [0.15, 0.2) is 0 Å². The van der Waals surface area contributed by atoms with Crippen LogP contribution in [0.3, 0.4) is 0 Å². The van der Waals surface area contributed by atoms with Crippen molar-refractivity contribution >= 4 is 12.0 Å². The number of carbonyl (C=O) groups is 2. The molecule has 0 bridgehead atoms. The molecule has 138 valence electrons. The average molecular weight is 352 g/mol. The number of likely N-dealkylation sites (tertiary alicyclic amines) is 1. The predicted octanol–water partition coefficient (Wildman–Crippen LogP) is 2.09. The van der Waals surface area contributed by atoms with E-state index in [1.165, 1.54) is 0 Å². The lowest BCUT2D eigenvalue weighted by Gasteiger charge is -2.59. The van der Waals surface area contributed by atoms with Gasteiger partial charge in [0.25, 0.3) is 0 Å².